The first-order chi connectivity index (χ1) is 9.02. The first-order valence-corrected chi connectivity index (χ1v) is 6.50. The molecule has 1 aromatic rings. The van der Waals surface area contributed by atoms with E-state index in [1.54, 1.807) is 25.3 Å². The van der Waals surface area contributed by atoms with Crippen LogP contribution in [0.2, 0.25) is 0 Å². The van der Waals surface area contributed by atoms with Crippen molar-refractivity contribution in [3.63, 3.8) is 0 Å². The second kappa shape index (κ2) is 5.61. The predicted molar refractivity (Wildman–Crippen MR) is 72.1 cm³/mol. The van der Waals surface area contributed by atoms with Gasteiger partial charge < -0.3 is 14.2 Å². The van der Waals surface area contributed by atoms with Gasteiger partial charge in [0.15, 0.2) is 17.3 Å². The Morgan fingerprint density at radius 1 is 1.26 bits per heavy atom. The molecule has 0 saturated carbocycles. The maximum atomic E-state index is 12.2. The van der Waals surface area contributed by atoms with Crippen molar-refractivity contribution in [2.45, 2.75) is 32.3 Å². The van der Waals surface area contributed by atoms with Crippen molar-refractivity contribution in [1.29, 1.82) is 0 Å². The third-order valence-corrected chi connectivity index (χ3v) is 3.21. The summed E-state index contributed by atoms with van der Waals surface area (Å²) in [5.41, 5.74) is 0.177. The van der Waals surface area contributed by atoms with E-state index in [1.165, 1.54) is 0 Å². The lowest BCUT2D eigenvalue weighted by Crippen LogP contribution is -2.26. The van der Waals surface area contributed by atoms with Gasteiger partial charge >= 0.3 is 0 Å². The Hall–Kier alpha value is -1.55. The molecule has 0 radical (unpaired) electrons. The Balaban J connectivity index is 2.17. The Morgan fingerprint density at radius 3 is 2.63 bits per heavy atom. The minimum atomic E-state index is -0.457. The van der Waals surface area contributed by atoms with E-state index in [-0.39, 0.29) is 5.78 Å². The van der Waals surface area contributed by atoms with Gasteiger partial charge in [-0.25, -0.2) is 0 Å². The molecule has 0 fully saturated rings. The number of carbonyl (C=O) groups is 1. The third-order valence-electron chi connectivity index (χ3n) is 3.21. The average molecular weight is 264 g/mol. The maximum Gasteiger partial charge on any atom is 0.165 e. The van der Waals surface area contributed by atoms with Gasteiger partial charge in [0.1, 0.15) is 0 Å². The zero-order chi connectivity index (χ0) is 13.9. The van der Waals surface area contributed by atoms with Gasteiger partial charge in [0.25, 0.3) is 0 Å². The summed E-state index contributed by atoms with van der Waals surface area (Å²) >= 11 is 0. The normalized spacial score (nSPS) is 14.9. The van der Waals surface area contributed by atoms with Crippen LogP contribution < -0.4 is 9.47 Å². The molecule has 0 atom stereocenters. The van der Waals surface area contributed by atoms with Crippen molar-refractivity contribution in [3.8, 4) is 11.5 Å². The largest absolute Gasteiger partial charge is 0.490 e. The van der Waals surface area contributed by atoms with Gasteiger partial charge in [-0.2, -0.15) is 0 Å². The number of ether oxygens (including phenoxy) is 3. The van der Waals surface area contributed by atoms with Gasteiger partial charge in [0, 0.05) is 25.5 Å². The number of carbonyl (C=O) groups excluding carboxylic acids is 1. The monoisotopic (exact) mass is 264 g/mol. The van der Waals surface area contributed by atoms with Crippen molar-refractivity contribution in [2.75, 3.05) is 20.3 Å². The van der Waals surface area contributed by atoms with Gasteiger partial charge in [0.2, 0.25) is 0 Å². The number of benzene rings is 1. The van der Waals surface area contributed by atoms with Gasteiger partial charge in [-0.1, -0.05) is 0 Å². The van der Waals surface area contributed by atoms with Gasteiger partial charge in [-0.15, -0.1) is 0 Å². The molecule has 4 heteroatoms. The summed E-state index contributed by atoms with van der Waals surface area (Å²) in [6.07, 6.45) is 1.19. The van der Waals surface area contributed by atoms with E-state index >= 15 is 0 Å². The highest BCUT2D eigenvalue weighted by Crippen LogP contribution is 2.31. The van der Waals surface area contributed by atoms with Crippen molar-refractivity contribution in [3.05, 3.63) is 23.8 Å². The first-order valence-electron chi connectivity index (χ1n) is 6.50. The van der Waals surface area contributed by atoms with Crippen LogP contribution in [0.25, 0.3) is 0 Å². The predicted octanol–water partition coefficient (Wildman–Crippen LogP) is 2.85. The van der Waals surface area contributed by atoms with E-state index in [9.17, 15) is 4.79 Å². The van der Waals surface area contributed by atoms with Crippen molar-refractivity contribution < 1.29 is 19.0 Å². The van der Waals surface area contributed by atoms with Gasteiger partial charge in [-0.05, 0) is 32.0 Å². The van der Waals surface area contributed by atoms with Crippen LogP contribution in [-0.2, 0) is 4.74 Å². The summed E-state index contributed by atoms with van der Waals surface area (Å²) in [6, 6.07) is 5.34. The van der Waals surface area contributed by atoms with E-state index in [0.717, 1.165) is 6.42 Å². The molecule has 1 aliphatic heterocycles. The number of fused-ring (bicyclic) bond motifs is 1. The molecule has 0 unspecified atom stereocenters. The summed E-state index contributed by atoms with van der Waals surface area (Å²) in [5, 5.41) is 0. The highest BCUT2D eigenvalue weighted by Gasteiger charge is 2.23. The third kappa shape index (κ3) is 3.47. The van der Waals surface area contributed by atoms with E-state index in [2.05, 4.69) is 0 Å². The smallest absolute Gasteiger partial charge is 0.165 e. The molecular weight excluding hydrogens is 244 g/mol. The van der Waals surface area contributed by atoms with Crippen LogP contribution in [-0.4, -0.2) is 31.7 Å². The number of hydrogen-bond donors (Lipinski definition) is 0. The Kier molecular flexibility index (Phi) is 4.10. The minimum Gasteiger partial charge on any atom is -0.490 e. The summed E-state index contributed by atoms with van der Waals surface area (Å²) in [5.74, 6) is 1.40. The van der Waals surface area contributed by atoms with Crippen LogP contribution in [0.5, 0.6) is 11.5 Å². The molecular formula is C15H20O4. The fourth-order valence-electron chi connectivity index (χ4n) is 1.90. The van der Waals surface area contributed by atoms with E-state index in [4.69, 9.17) is 14.2 Å². The number of rotatable bonds is 4. The molecule has 0 spiro atoms. The standard InChI is InChI=1S/C15H20O4/c1-15(2,17-3)10-12(16)11-5-6-13-14(9-11)19-8-4-7-18-13/h5-6,9H,4,7-8,10H2,1-3H3. The van der Waals surface area contributed by atoms with E-state index in [1.807, 2.05) is 13.8 Å². The zero-order valence-electron chi connectivity index (χ0n) is 11.7. The molecule has 0 aliphatic carbocycles. The number of methoxy groups -OCH3 is 1. The fraction of sp³-hybridized carbons (Fsp3) is 0.533. The molecule has 4 nitrogen and oxygen atoms in total. The summed E-state index contributed by atoms with van der Waals surface area (Å²) in [4.78, 5) is 12.2. The Bertz CT molecular complexity index is 465. The summed E-state index contributed by atoms with van der Waals surface area (Å²) < 4.78 is 16.4. The molecule has 0 bridgehead atoms. The van der Waals surface area contributed by atoms with Crippen LogP contribution in [0, 0.1) is 0 Å². The van der Waals surface area contributed by atoms with Gasteiger partial charge in [0.05, 0.1) is 18.8 Å². The minimum absolute atomic E-state index is 0.0440. The van der Waals surface area contributed by atoms with Crippen molar-refractivity contribution in [1.82, 2.24) is 0 Å². The van der Waals surface area contributed by atoms with Gasteiger partial charge in [-0.3, -0.25) is 4.79 Å². The van der Waals surface area contributed by atoms with Crippen LogP contribution in [0.3, 0.4) is 0 Å². The molecule has 1 aliphatic rings. The summed E-state index contributed by atoms with van der Waals surface area (Å²) in [6.45, 7) is 5.06. The molecule has 0 saturated heterocycles. The number of hydrogen-bond acceptors (Lipinski definition) is 4. The SMILES string of the molecule is COC(C)(C)CC(=O)c1ccc2c(c1)OCCCO2. The van der Waals surface area contributed by atoms with Crippen LogP contribution in [0.15, 0.2) is 18.2 Å². The fourth-order valence-corrected chi connectivity index (χ4v) is 1.90. The second-order valence-corrected chi connectivity index (χ2v) is 5.28. The molecule has 104 valence electrons. The Labute approximate surface area is 113 Å². The van der Waals surface area contributed by atoms with Crippen LogP contribution >= 0.6 is 0 Å². The molecule has 1 aromatic carbocycles. The lowest BCUT2D eigenvalue weighted by molar-refractivity contribution is 0.0172. The molecule has 1 heterocycles. The van der Waals surface area contributed by atoms with E-state index in [0.29, 0.717) is 36.7 Å². The molecule has 0 N–H and O–H groups in total. The van der Waals surface area contributed by atoms with Crippen molar-refractivity contribution >= 4 is 5.78 Å². The highest BCUT2D eigenvalue weighted by atomic mass is 16.5. The molecule has 2 rings (SSSR count). The molecule has 0 aromatic heterocycles. The van der Waals surface area contributed by atoms with Crippen molar-refractivity contribution in [2.24, 2.45) is 0 Å². The van der Waals surface area contributed by atoms with Crippen LogP contribution in [0.4, 0.5) is 0 Å². The van der Waals surface area contributed by atoms with Crippen LogP contribution in [0.1, 0.15) is 37.0 Å². The highest BCUT2D eigenvalue weighted by molar-refractivity contribution is 5.97. The molecule has 19 heavy (non-hydrogen) atoms. The number of ketones is 1. The first kappa shape index (κ1) is 13.9. The molecule has 0 amide bonds. The second-order valence-electron chi connectivity index (χ2n) is 5.28. The average Bonchev–Trinajstić information content (AvgIpc) is 2.62. The summed E-state index contributed by atoms with van der Waals surface area (Å²) in [7, 11) is 1.61. The van der Waals surface area contributed by atoms with E-state index < -0.39 is 5.60 Å². The quantitative estimate of drug-likeness (QED) is 0.784. The number of Topliss-reactive ketones (excluding diaryl/α,β-unsaturated/α-hetero) is 1. The maximum absolute atomic E-state index is 12.2. The lowest BCUT2D eigenvalue weighted by atomic mass is 9.97. The topological polar surface area (TPSA) is 44.8 Å². The zero-order valence-corrected chi connectivity index (χ0v) is 11.7. The lowest BCUT2D eigenvalue weighted by Gasteiger charge is -2.21. The Morgan fingerprint density at radius 2 is 1.95 bits per heavy atom.